The highest BCUT2D eigenvalue weighted by molar-refractivity contribution is 5.60. The maximum atomic E-state index is 12.4. The van der Waals surface area contributed by atoms with E-state index in [0.717, 1.165) is 53.2 Å². The molecule has 1 aromatic carbocycles. The zero-order chi connectivity index (χ0) is 19.3. The minimum Gasteiger partial charge on any atom is -0.486 e. The number of quaternary nitrogens is 1. The number of aliphatic hydroxyl groups is 3. The summed E-state index contributed by atoms with van der Waals surface area (Å²) in [5.74, 6) is 1.54. The van der Waals surface area contributed by atoms with Crippen LogP contribution in [0.1, 0.15) is 55.2 Å². The lowest BCUT2D eigenvalue weighted by Gasteiger charge is -2.65. The number of hydrogen-bond donors (Lipinski definition) is 3. The first-order chi connectivity index (χ1) is 13.4. The maximum absolute atomic E-state index is 12.4. The second kappa shape index (κ2) is 5.51. The molecule has 1 saturated heterocycles. The van der Waals surface area contributed by atoms with Crippen molar-refractivity contribution in [3.05, 3.63) is 28.8 Å². The molecular weight excluding hydrogens is 354 g/mol. The molecule has 2 heterocycles. The molecule has 5 aliphatic rings. The smallest absolute Gasteiger partial charge is 0.137 e. The van der Waals surface area contributed by atoms with Crippen LogP contribution in [0, 0.1) is 5.92 Å². The van der Waals surface area contributed by atoms with E-state index < -0.39 is 23.2 Å². The Labute approximate surface area is 166 Å². The monoisotopic (exact) mass is 386 g/mol. The van der Waals surface area contributed by atoms with Crippen LogP contribution in [-0.2, 0) is 18.4 Å². The van der Waals surface area contributed by atoms with Crippen LogP contribution in [0.15, 0.2) is 12.1 Å². The Morgan fingerprint density at radius 3 is 2.75 bits per heavy atom. The van der Waals surface area contributed by atoms with Gasteiger partial charge < -0.3 is 24.5 Å². The van der Waals surface area contributed by atoms with E-state index in [4.69, 9.17) is 4.74 Å². The molecule has 1 spiro atoms. The number of piperidine rings is 1. The largest absolute Gasteiger partial charge is 0.486 e. The van der Waals surface area contributed by atoms with Gasteiger partial charge in [0.1, 0.15) is 23.5 Å². The predicted molar refractivity (Wildman–Crippen MR) is 104 cm³/mol. The molecule has 2 aliphatic heterocycles. The van der Waals surface area contributed by atoms with Gasteiger partial charge >= 0.3 is 0 Å². The van der Waals surface area contributed by atoms with Gasteiger partial charge in [0, 0.05) is 29.9 Å². The number of likely N-dealkylation sites (N-methyl/N-ethyl adjacent to an activating group) is 1. The van der Waals surface area contributed by atoms with Crippen LogP contribution in [0.4, 0.5) is 0 Å². The summed E-state index contributed by atoms with van der Waals surface area (Å²) in [7, 11) is 2.36. The molecule has 6 rings (SSSR count). The highest BCUT2D eigenvalue weighted by atomic mass is 16.5. The second-order valence-corrected chi connectivity index (χ2v) is 10.4. The van der Waals surface area contributed by atoms with Gasteiger partial charge in [0.15, 0.2) is 0 Å². The van der Waals surface area contributed by atoms with E-state index in [9.17, 15) is 15.3 Å². The second-order valence-electron chi connectivity index (χ2n) is 10.4. The van der Waals surface area contributed by atoms with E-state index in [-0.39, 0.29) is 12.6 Å². The molecule has 0 amide bonds. The van der Waals surface area contributed by atoms with Crippen LogP contribution >= 0.6 is 0 Å². The van der Waals surface area contributed by atoms with Gasteiger partial charge in [-0.05, 0) is 31.2 Å². The number of benzene rings is 1. The standard InChI is InChI=1S/C23H32NO4/c1-24(12-14-3-2-4-14)10-9-22-19-15-5-6-16(13-25)20(19)28-21(22)17(26)7-8-23(22,27)18(24)11-15/h5-6,14,17-18,21,25-27H,2-4,7-13H2,1H3/q+1/t17-,18?,21?,22-,23?,24+/m1/s1. The van der Waals surface area contributed by atoms with Crippen molar-refractivity contribution in [3.8, 4) is 5.75 Å². The zero-order valence-corrected chi connectivity index (χ0v) is 16.7. The Morgan fingerprint density at radius 1 is 1.21 bits per heavy atom. The number of hydrogen-bond acceptors (Lipinski definition) is 4. The van der Waals surface area contributed by atoms with E-state index in [1.54, 1.807) is 0 Å². The summed E-state index contributed by atoms with van der Waals surface area (Å²) in [5.41, 5.74) is 1.78. The van der Waals surface area contributed by atoms with Crippen LogP contribution in [0.5, 0.6) is 5.75 Å². The summed E-state index contributed by atoms with van der Waals surface area (Å²) in [6.45, 7) is 2.12. The van der Waals surface area contributed by atoms with Crippen molar-refractivity contribution in [3.63, 3.8) is 0 Å². The molecule has 3 aliphatic carbocycles. The van der Waals surface area contributed by atoms with Gasteiger partial charge in [0.25, 0.3) is 0 Å². The molecule has 5 heteroatoms. The fourth-order valence-electron chi connectivity index (χ4n) is 7.70. The fraction of sp³-hybridized carbons (Fsp3) is 0.739. The average Bonchev–Trinajstić information content (AvgIpc) is 3.01. The molecule has 0 radical (unpaired) electrons. The normalized spacial score (nSPS) is 45.9. The molecule has 6 atom stereocenters. The highest BCUT2D eigenvalue weighted by Crippen LogP contribution is 2.65. The maximum Gasteiger partial charge on any atom is 0.137 e. The number of aliphatic hydroxyl groups excluding tert-OH is 2. The van der Waals surface area contributed by atoms with Crippen LogP contribution in [0.3, 0.4) is 0 Å². The van der Waals surface area contributed by atoms with Crippen molar-refractivity contribution in [2.75, 3.05) is 20.1 Å². The first-order valence-electron chi connectivity index (χ1n) is 11.1. The van der Waals surface area contributed by atoms with Crippen LogP contribution in [0.25, 0.3) is 0 Å². The van der Waals surface area contributed by atoms with E-state index in [0.29, 0.717) is 12.8 Å². The van der Waals surface area contributed by atoms with Crippen molar-refractivity contribution in [2.24, 2.45) is 5.92 Å². The lowest BCUT2D eigenvalue weighted by atomic mass is 9.48. The summed E-state index contributed by atoms with van der Waals surface area (Å²) >= 11 is 0. The van der Waals surface area contributed by atoms with Crippen LogP contribution in [0.2, 0.25) is 0 Å². The minimum atomic E-state index is -0.847. The molecule has 28 heavy (non-hydrogen) atoms. The van der Waals surface area contributed by atoms with Gasteiger partial charge in [-0.1, -0.05) is 18.6 Å². The molecule has 2 bridgehead atoms. The van der Waals surface area contributed by atoms with Crippen LogP contribution in [-0.4, -0.2) is 63.8 Å². The zero-order valence-electron chi connectivity index (χ0n) is 16.7. The first-order valence-corrected chi connectivity index (χ1v) is 11.1. The molecular formula is C23H32NO4+. The molecule has 1 aromatic rings. The third kappa shape index (κ3) is 1.88. The van der Waals surface area contributed by atoms with Crippen molar-refractivity contribution in [2.45, 2.75) is 80.8 Å². The summed E-state index contributed by atoms with van der Waals surface area (Å²) in [5, 5.41) is 33.1. The average molecular weight is 387 g/mol. The van der Waals surface area contributed by atoms with E-state index in [2.05, 4.69) is 13.1 Å². The molecule has 3 fully saturated rings. The summed E-state index contributed by atoms with van der Waals surface area (Å²) in [6.07, 6.45) is 5.98. The Kier molecular flexibility index (Phi) is 3.48. The van der Waals surface area contributed by atoms with Gasteiger partial charge in [-0.3, -0.25) is 0 Å². The molecule has 3 unspecified atom stereocenters. The van der Waals surface area contributed by atoms with Gasteiger partial charge in [-0.15, -0.1) is 0 Å². The van der Waals surface area contributed by atoms with Gasteiger partial charge in [-0.25, -0.2) is 0 Å². The van der Waals surface area contributed by atoms with E-state index in [1.165, 1.54) is 24.8 Å². The Hall–Kier alpha value is -1.14. The highest BCUT2D eigenvalue weighted by Gasteiger charge is 2.76. The summed E-state index contributed by atoms with van der Waals surface area (Å²) in [6, 6.07) is 4.27. The third-order valence-corrected chi connectivity index (χ3v) is 9.25. The third-order valence-electron chi connectivity index (χ3n) is 9.25. The van der Waals surface area contributed by atoms with Gasteiger partial charge in [0.2, 0.25) is 0 Å². The SMILES string of the molecule is C[N@@+]1(CC2CCC2)CC[C@@]23c4c5ccc(CO)c4OC2[C@H](O)CCC3(O)C1C5. The van der Waals surface area contributed by atoms with Crippen LogP contribution < -0.4 is 4.74 Å². The molecule has 2 saturated carbocycles. The Bertz CT molecular complexity index is 838. The lowest BCUT2D eigenvalue weighted by Crippen LogP contribution is -2.81. The number of nitrogens with zero attached hydrogens (tertiary/aromatic N) is 1. The number of ether oxygens (including phenoxy) is 1. The number of likely N-dealkylation sites (tertiary alicyclic amines) is 1. The Balaban J connectivity index is 1.55. The fourth-order valence-corrected chi connectivity index (χ4v) is 7.70. The molecule has 0 aromatic heterocycles. The lowest BCUT2D eigenvalue weighted by molar-refractivity contribution is -0.952. The first kappa shape index (κ1) is 17.7. The van der Waals surface area contributed by atoms with Gasteiger partial charge in [-0.2, -0.15) is 0 Å². The quantitative estimate of drug-likeness (QED) is 0.691. The molecule has 5 nitrogen and oxygen atoms in total. The van der Waals surface area contributed by atoms with Crippen molar-refractivity contribution in [1.29, 1.82) is 0 Å². The molecule has 152 valence electrons. The van der Waals surface area contributed by atoms with Crippen molar-refractivity contribution in [1.82, 2.24) is 0 Å². The number of rotatable bonds is 3. The minimum absolute atomic E-state index is 0.0706. The topological polar surface area (TPSA) is 69.9 Å². The molecule has 3 N–H and O–H groups in total. The van der Waals surface area contributed by atoms with E-state index in [1.807, 2.05) is 6.07 Å². The predicted octanol–water partition coefficient (Wildman–Crippen LogP) is 1.64. The summed E-state index contributed by atoms with van der Waals surface area (Å²) in [4.78, 5) is 0. The van der Waals surface area contributed by atoms with Crippen molar-refractivity contribution < 1.29 is 24.5 Å². The van der Waals surface area contributed by atoms with E-state index >= 15 is 0 Å². The van der Waals surface area contributed by atoms with Gasteiger partial charge in [0.05, 0.1) is 38.3 Å². The summed E-state index contributed by atoms with van der Waals surface area (Å²) < 4.78 is 7.33. The van der Waals surface area contributed by atoms with Crippen molar-refractivity contribution >= 4 is 0 Å². The Morgan fingerprint density at radius 2 is 2.04 bits per heavy atom.